The van der Waals surface area contributed by atoms with E-state index in [1.807, 2.05) is 26.0 Å². The number of nitrogens with zero attached hydrogens (tertiary/aromatic N) is 3. The molecule has 1 atom stereocenters. The first-order valence-electron chi connectivity index (χ1n) is 8.91. The van der Waals surface area contributed by atoms with Crippen molar-refractivity contribution < 1.29 is 9.59 Å². The van der Waals surface area contributed by atoms with E-state index in [2.05, 4.69) is 21.9 Å². The van der Waals surface area contributed by atoms with E-state index in [0.717, 1.165) is 5.56 Å². The topological polar surface area (TPSA) is 75.2 Å². The highest BCUT2D eigenvalue weighted by Gasteiger charge is 2.45. The minimum atomic E-state index is -1.06. The van der Waals surface area contributed by atoms with E-state index >= 15 is 0 Å². The Morgan fingerprint density at radius 2 is 1.93 bits per heavy atom. The van der Waals surface area contributed by atoms with Gasteiger partial charge in [-0.15, -0.1) is 6.58 Å². The van der Waals surface area contributed by atoms with Crippen LogP contribution in [0.1, 0.15) is 36.7 Å². The summed E-state index contributed by atoms with van der Waals surface area (Å²) < 4.78 is 0. The molecule has 0 aliphatic heterocycles. The van der Waals surface area contributed by atoms with Crippen molar-refractivity contribution in [3.63, 3.8) is 0 Å². The summed E-state index contributed by atoms with van der Waals surface area (Å²) in [7, 11) is 0. The number of carbonyl (C=O) groups is 2. The molecule has 2 amide bonds. The van der Waals surface area contributed by atoms with Crippen molar-refractivity contribution in [2.75, 3.05) is 6.54 Å². The quantitative estimate of drug-likeness (QED) is 0.729. The molecule has 6 nitrogen and oxygen atoms in total. The Morgan fingerprint density at radius 3 is 2.48 bits per heavy atom. The first-order valence-corrected chi connectivity index (χ1v) is 8.91. The highest BCUT2D eigenvalue weighted by atomic mass is 16.2. The first kappa shape index (κ1) is 20.3. The minimum absolute atomic E-state index is 0.121. The molecule has 0 radical (unpaired) electrons. The lowest BCUT2D eigenvalue weighted by Gasteiger charge is -2.43. The summed E-state index contributed by atoms with van der Waals surface area (Å²) in [6.45, 7) is 9.93. The van der Waals surface area contributed by atoms with E-state index < -0.39 is 5.54 Å². The third kappa shape index (κ3) is 4.58. The van der Waals surface area contributed by atoms with Crippen LogP contribution in [0.3, 0.4) is 0 Å². The number of hydrogen-bond acceptors (Lipinski definition) is 4. The van der Waals surface area contributed by atoms with E-state index in [1.54, 1.807) is 48.6 Å². The van der Waals surface area contributed by atoms with Crippen molar-refractivity contribution in [1.29, 1.82) is 0 Å². The largest absolute Gasteiger partial charge is 0.351 e. The standard InChI is InChI=1S/C21H26N4O2/c1-5-10-24-20(27)21(4,16(2)3)25(15-17-8-12-22-13-9-17)19(26)18-7-6-11-23-14-18/h5-9,11-14,16H,1,10,15H2,2-4H3,(H,24,27). The molecule has 0 bridgehead atoms. The molecule has 0 aliphatic carbocycles. The number of pyridine rings is 2. The number of amides is 2. The lowest BCUT2D eigenvalue weighted by atomic mass is 9.84. The van der Waals surface area contributed by atoms with Gasteiger partial charge in [0.2, 0.25) is 5.91 Å². The second-order valence-electron chi connectivity index (χ2n) is 6.79. The van der Waals surface area contributed by atoms with Crippen LogP contribution in [-0.2, 0) is 11.3 Å². The van der Waals surface area contributed by atoms with Crippen molar-refractivity contribution in [2.45, 2.75) is 32.9 Å². The van der Waals surface area contributed by atoms with Gasteiger partial charge in [-0.25, -0.2) is 0 Å². The van der Waals surface area contributed by atoms with E-state index in [1.165, 1.54) is 6.20 Å². The van der Waals surface area contributed by atoms with Crippen LogP contribution >= 0.6 is 0 Å². The highest BCUT2D eigenvalue weighted by Crippen LogP contribution is 2.29. The van der Waals surface area contributed by atoms with Crippen LogP contribution in [0.25, 0.3) is 0 Å². The Bertz CT molecular complexity index is 777. The molecule has 0 saturated heterocycles. The van der Waals surface area contributed by atoms with Crippen LogP contribution in [0.15, 0.2) is 61.7 Å². The Balaban J connectivity index is 2.49. The van der Waals surface area contributed by atoms with Crippen LogP contribution in [0.4, 0.5) is 0 Å². The second kappa shape index (κ2) is 9.07. The van der Waals surface area contributed by atoms with Crippen LogP contribution in [-0.4, -0.2) is 38.8 Å². The molecule has 0 saturated carbocycles. The fourth-order valence-electron chi connectivity index (χ4n) is 2.80. The second-order valence-corrected chi connectivity index (χ2v) is 6.79. The van der Waals surface area contributed by atoms with Gasteiger partial charge in [0.25, 0.3) is 5.91 Å². The molecule has 0 spiro atoms. The van der Waals surface area contributed by atoms with E-state index in [9.17, 15) is 9.59 Å². The van der Waals surface area contributed by atoms with E-state index in [0.29, 0.717) is 12.1 Å². The molecular weight excluding hydrogens is 340 g/mol. The van der Waals surface area contributed by atoms with E-state index in [4.69, 9.17) is 0 Å². The summed E-state index contributed by atoms with van der Waals surface area (Å²) in [4.78, 5) is 36.1. The van der Waals surface area contributed by atoms with E-state index in [-0.39, 0.29) is 24.3 Å². The van der Waals surface area contributed by atoms with Crippen molar-refractivity contribution in [3.05, 3.63) is 72.8 Å². The summed E-state index contributed by atoms with van der Waals surface area (Å²) in [5.74, 6) is -0.585. The highest BCUT2D eigenvalue weighted by molar-refractivity contribution is 5.99. The molecule has 27 heavy (non-hydrogen) atoms. The zero-order valence-corrected chi connectivity index (χ0v) is 16.1. The number of aromatic nitrogens is 2. The van der Waals surface area contributed by atoms with Crippen molar-refractivity contribution in [3.8, 4) is 0 Å². The first-order chi connectivity index (χ1) is 12.9. The fraction of sp³-hybridized carbons (Fsp3) is 0.333. The zero-order valence-electron chi connectivity index (χ0n) is 16.1. The molecule has 2 rings (SSSR count). The predicted molar refractivity (Wildman–Crippen MR) is 105 cm³/mol. The molecular formula is C21H26N4O2. The Labute approximate surface area is 160 Å². The van der Waals surface area contributed by atoms with Crippen molar-refractivity contribution in [1.82, 2.24) is 20.2 Å². The third-order valence-corrected chi connectivity index (χ3v) is 4.80. The third-order valence-electron chi connectivity index (χ3n) is 4.80. The molecule has 2 aromatic rings. The minimum Gasteiger partial charge on any atom is -0.351 e. The maximum absolute atomic E-state index is 13.3. The maximum atomic E-state index is 13.3. The molecule has 2 aromatic heterocycles. The lowest BCUT2D eigenvalue weighted by Crippen LogP contribution is -2.61. The van der Waals surface area contributed by atoms with Crippen molar-refractivity contribution >= 4 is 11.8 Å². The number of carbonyl (C=O) groups excluding carboxylic acids is 2. The normalized spacial score (nSPS) is 12.9. The summed E-state index contributed by atoms with van der Waals surface area (Å²) in [6, 6.07) is 7.09. The number of rotatable bonds is 8. The Morgan fingerprint density at radius 1 is 1.22 bits per heavy atom. The van der Waals surface area contributed by atoms with Crippen LogP contribution < -0.4 is 5.32 Å². The van der Waals surface area contributed by atoms with Gasteiger partial charge in [0, 0.05) is 37.9 Å². The molecule has 1 N–H and O–H groups in total. The SMILES string of the molecule is C=CCNC(=O)C(C)(C(C)C)N(Cc1ccncc1)C(=O)c1cccnc1. The number of nitrogens with one attached hydrogen (secondary N) is 1. The van der Waals surface area contributed by atoms with Gasteiger partial charge in [0.1, 0.15) is 5.54 Å². The average Bonchev–Trinajstić information content (AvgIpc) is 2.70. The summed E-state index contributed by atoms with van der Waals surface area (Å²) >= 11 is 0. The average molecular weight is 366 g/mol. The van der Waals surface area contributed by atoms with Crippen LogP contribution in [0.2, 0.25) is 0 Å². The van der Waals surface area contributed by atoms with Gasteiger partial charge >= 0.3 is 0 Å². The molecule has 2 heterocycles. The monoisotopic (exact) mass is 366 g/mol. The van der Waals surface area contributed by atoms with Gasteiger partial charge in [0.05, 0.1) is 5.56 Å². The summed E-state index contributed by atoms with van der Waals surface area (Å²) in [5, 5.41) is 2.85. The van der Waals surface area contributed by atoms with Gasteiger partial charge in [-0.3, -0.25) is 19.6 Å². The van der Waals surface area contributed by atoms with Gasteiger partial charge in [0.15, 0.2) is 0 Å². The Hall–Kier alpha value is -3.02. The molecule has 0 fully saturated rings. The lowest BCUT2D eigenvalue weighted by molar-refractivity contribution is -0.134. The zero-order chi connectivity index (χ0) is 19.9. The maximum Gasteiger partial charge on any atom is 0.256 e. The smallest absolute Gasteiger partial charge is 0.256 e. The van der Waals surface area contributed by atoms with Crippen molar-refractivity contribution in [2.24, 2.45) is 5.92 Å². The summed E-state index contributed by atoms with van der Waals surface area (Å²) in [5.41, 5.74) is 0.278. The van der Waals surface area contributed by atoms with Crippen LogP contribution in [0, 0.1) is 5.92 Å². The fourth-order valence-corrected chi connectivity index (χ4v) is 2.80. The number of hydrogen-bond donors (Lipinski definition) is 1. The molecule has 0 aliphatic rings. The van der Waals surface area contributed by atoms with Gasteiger partial charge in [-0.2, -0.15) is 0 Å². The van der Waals surface area contributed by atoms with Gasteiger partial charge in [-0.05, 0) is 42.7 Å². The molecule has 142 valence electrons. The summed E-state index contributed by atoms with van der Waals surface area (Å²) in [6.07, 6.45) is 8.10. The predicted octanol–water partition coefficient (Wildman–Crippen LogP) is 2.84. The van der Waals surface area contributed by atoms with Gasteiger partial charge in [-0.1, -0.05) is 19.9 Å². The van der Waals surface area contributed by atoms with Crippen LogP contribution in [0.5, 0.6) is 0 Å². The Kier molecular flexibility index (Phi) is 6.82. The van der Waals surface area contributed by atoms with Gasteiger partial charge < -0.3 is 10.2 Å². The molecule has 1 unspecified atom stereocenters. The molecule has 6 heteroatoms. The molecule has 0 aromatic carbocycles.